The maximum Gasteiger partial charge on any atom is 0.140 e. The average Bonchev–Trinajstić information content (AvgIpc) is 2.85. The number of nitrogens with zero attached hydrogens (tertiary/aromatic N) is 2. The predicted octanol–water partition coefficient (Wildman–Crippen LogP) is 3.62. The third-order valence-electron chi connectivity index (χ3n) is 2.67. The summed E-state index contributed by atoms with van der Waals surface area (Å²) in [6, 6.07) is 7.52. The Morgan fingerprint density at radius 3 is 2.63 bits per heavy atom. The topological polar surface area (TPSA) is 54.7 Å². The van der Waals surface area contributed by atoms with Gasteiger partial charge in [-0.25, -0.2) is 4.98 Å². The van der Waals surface area contributed by atoms with Gasteiger partial charge >= 0.3 is 0 Å². The largest absolute Gasteiger partial charge is 0.486 e. The van der Waals surface area contributed by atoms with Gasteiger partial charge in [0.05, 0.1) is 5.71 Å². The molecule has 0 radical (unpaired) electrons. The number of hydrogen-bond donors (Lipinski definition) is 1. The first-order valence-corrected chi connectivity index (χ1v) is 6.96. The Bertz CT molecular complexity index is 561. The van der Waals surface area contributed by atoms with Gasteiger partial charge in [0, 0.05) is 11.1 Å². The van der Waals surface area contributed by atoms with Crippen molar-refractivity contribution in [2.75, 3.05) is 0 Å². The molecule has 0 spiro atoms. The summed E-state index contributed by atoms with van der Waals surface area (Å²) < 4.78 is 5.65. The van der Waals surface area contributed by atoms with Gasteiger partial charge in [-0.3, -0.25) is 0 Å². The molecular formula is C14H16N2O2S. The van der Waals surface area contributed by atoms with Crippen LogP contribution in [0.5, 0.6) is 5.75 Å². The van der Waals surface area contributed by atoms with E-state index in [0.29, 0.717) is 18.7 Å². The molecule has 0 saturated heterocycles. The van der Waals surface area contributed by atoms with Gasteiger partial charge < -0.3 is 9.94 Å². The first-order valence-electron chi connectivity index (χ1n) is 6.08. The molecule has 100 valence electrons. The summed E-state index contributed by atoms with van der Waals surface area (Å²) in [5.74, 6) is 0.782. The summed E-state index contributed by atoms with van der Waals surface area (Å²) in [6.07, 6.45) is 0.690. The number of benzene rings is 1. The summed E-state index contributed by atoms with van der Waals surface area (Å²) in [5, 5.41) is 15.1. The smallest absolute Gasteiger partial charge is 0.140 e. The molecule has 1 N–H and O–H groups in total. The minimum atomic E-state index is 0.479. The van der Waals surface area contributed by atoms with Crippen molar-refractivity contribution in [1.82, 2.24) is 4.98 Å². The van der Waals surface area contributed by atoms with Crippen LogP contribution >= 0.6 is 11.3 Å². The Morgan fingerprint density at radius 2 is 2.11 bits per heavy atom. The number of ether oxygens (including phenoxy) is 1. The highest BCUT2D eigenvalue weighted by Crippen LogP contribution is 2.17. The van der Waals surface area contributed by atoms with Crippen molar-refractivity contribution in [1.29, 1.82) is 0 Å². The second-order valence-corrected chi connectivity index (χ2v) is 5.04. The molecule has 0 aliphatic heterocycles. The highest BCUT2D eigenvalue weighted by atomic mass is 32.1. The first-order chi connectivity index (χ1) is 9.22. The lowest BCUT2D eigenvalue weighted by molar-refractivity contribution is 0.305. The Hall–Kier alpha value is -1.88. The Balaban J connectivity index is 1.99. The van der Waals surface area contributed by atoms with Crippen LogP contribution in [0.25, 0.3) is 0 Å². The second-order valence-electron chi connectivity index (χ2n) is 4.10. The number of aromatic nitrogens is 1. The summed E-state index contributed by atoms with van der Waals surface area (Å²) in [6.45, 7) is 4.39. The molecule has 0 atom stereocenters. The fraction of sp³-hybridized carbons (Fsp3) is 0.286. The van der Waals surface area contributed by atoms with Crippen LogP contribution in [0.2, 0.25) is 0 Å². The molecule has 0 aliphatic carbocycles. The fourth-order valence-electron chi connectivity index (χ4n) is 1.69. The lowest BCUT2D eigenvalue weighted by atomic mass is 10.1. The van der Waals surface area contributed by atoms with Crippen molar-refractivity contribution in [2.24, 2.45) is 5.16 Å². The van der Waals surface area contributed by atoms with E-state index in [1.54, 1.807) is 11.3 Å². The van der Waals surface area contributed by atoms with E-state index in [1.807, 2.05) is 43.5 Å². The SMILES string of the molecule is CCC(=NO)c1ccc(OCc2nc(C)cs2)cc1. The zero-order chi connectivity index (χ0) is 13.7. The van der Waals surface area contributed by atoms with Crippen LogP contribution in [0.1, 0.15) is 29.6 Å². The van der Waals surface area contributed by atoms with E-state index in [2.05, 4.69) is 10.1 Å². The van der Waals surface area contributed by atoms with Gasteiger partial charge in [-0.15, -0.1) is 11.3 Å². The molecule has 2 aromatic rings. The number of oxime groups is 1. The molecule has 0 amide bonds. The lowest BCUT2D eigenvalue weighted by Gasteiger charge is -2.06. The van der Waals surface area contributed by atoms with Crippen molar-refractivity contribution < 1.29 is 9.94 Å². The number of rotatable bonds is 5. The van der Waals surface area contributed by atoms with Gasteiger partial charge in [-0.2, -0.15) is 0 Å². The Labute approximate surface area is 116 Å². The van der Waals surface area contributed by atoms with Crippen LogP contribution in [-0.2, 0) is 6.61 Å². The first kappa shape index (κ1) is 13.5. The molecule has 1 aromatic carbocycles. The van der Waals surface area contributed by atoms with E-state index < -0.39 is 0 Å². The van der Waals surface area contributed by atoms with Crippen LogP contribution in [0, 0.1) is 6.92 Å². The lowest BCUT2D eigenvalue weighted by Crippen LogP contribution is -1.99. The van der Waals surface area contributed by atoms with Gasteiger partial charge in [-0.05, 0) is 43.2 Å². The van der Waals surface area contributed by atoms with Crippen LogP contribution in [-0.4, -0.2) is 15.9 Å². The summed E-state index contributed by atoms with van der Waals surface area (Å²) in [4.78, 5) is 4.34. The second kappa shape index (κ2) is 6.33. The third kappa shape index (κ3) is 3.54. The van der Waals surface area contributed by atoms with Crippen LogP contribution in [0.15, 0.2) is 34.8 Å². The minimum Gasteiger partial charge on any atom is -0.486 e. The standard InChI is InChI=1S/C14H16N2O2S/c1-3-13(16-17)11-4-6-12(7-5-11)18-8-14-15-10(2)9-19-14/h4-7,9,17H,3,8H2,1-2H3. The zero-order valence-corrected chi connectivity index (χ0v) is 11.8. The predicted molar refractivity (Wildman–Crippen MR) is 76.2 cm³/mol. The highest BCUT2D eigenvalue weighted by molar-refractivity contribution is 7.09. The van der Waals surface area contributed by atoms with Crippen molar-refractivity contribution in [3.63, 3.8) is 0 Å². The maximum atomic E-state index is 8.85. The summed E-state index contributed by atoms with van der Waals surface area (Å²) in [5.41, 5.74) is 2.59. The van der Waals surface area contributed by atoms with Gasteiger partial charge in [-0.1, -0.05) is 12.1 Å². The molecule has 1 heterocycles. The normalized spacial score (nSPS) is 11.6. The van der Waals surface area contributed by atoms with E-state index in [4.69, 9.17) is 9.94 Å². The molecule has 4 nitrogen and oxygen atoms in total. The van der Waals surface area contributed by atoms with Gasteiger partial charge in [0.25, 0.3) is 0 Å². The number of hydrogen-bond acceptors (Lipinski definition) is 5. The number of thiazole rings is 1. The van der Waals surface area contributed by atoms with Crippen molar-refractivity contribution in [3.8, 4) is 5.75 Å². The number of aryl methyl sites for hydroxylation is 1. The summed E-state index contributed by atoms with van der Waals surface area (Å²) in [7, 11) is 0. The van der Waals surface area contributed by atoms with E-state index in [1.165, 1.54) is 0 Å². The van der Waals surface area contributed by atoms with Crippen LogP contribution in [0.3, 0.4) is 0 Å². The van der Waals surface area contributed by atoms with Crippen LogP contribution in [0.4, 0.5) is 0 Å². The van der Waals surface area contributed by atoms with Crippen molar-refractivity contribution in [2.45, 2.75) is 26.9 Å². The third-order valence-corrected chi connectivity index (χ3v) is 3.61. The monoisotopic (exact) mass is 276 g/mol. The van der Waals surface area contributed by atoms with E-state index in [-0.39, 0.29) is 0 Å². The Kier molecular flexibility index (Phi) is 4.52. The average molecular weight is 276 g/mol. The molecule has 0 saturated carbocycles. The van der Waals surface area contributed by atoms with E-state index in [9.17, 15) is 0 Å². The van der Waals surface area contributed by atoms with Gasteiger partial charge in [0.15, 0.2) is 0 Å². The minimum absolute atomic E-state index is 0.479. The molecule has 5 heteroatoms. The molecule has 0 aliphatic rings. The maximum absolute atomic E-state index is 8.85. The summed E-state index contributed by atoms with van der Waals surface area (Å²) >= 11 is 1.60. The molecule has 0 unspecified atom stereocenters. The molecule has 0 bridgehead atoms. The molecule has 19 heavy (non-hydrogen) atoms. The van der Waals surface area contributed by atoms with Crippen molar-refractivity contribution >= 4 is 17.0 Å². The quantitative estimate of drug-likeness (QED) is 0.515. The van der Waals surface area contributed by atoms with Crippen molar-refractivity contribution in [3.05, 3.63) is 45.9 Å². The van der Waals surface area contributed by atoms with Crippen LogP contribution < -0.4 is 4.74 Å². The molecular weight excluding hydrogens is 260 g/mol. The molecule has 2 rings (SSSR count). The van der Waals surface area contributed by atoms with E-state index in [0.717, 1.165) is 22.0 Å². The fourth-order valence-corrected chi connectivity index (χ4v) is 2.37. The zero-order valence-electron chi connectivity index (χ0n) is 11.0. The van der Waals surface area contributed by atoms with Gasteiger partial charge in [0.2, 0.25) is 0 Å². The highest BCUT2D eigenvalue weighted by Gasteiger charge is 2.03. The Morgan fingerprint density at radius 1 is 1.37 bits per heavy atom. The van der Waals surface area contributed by atoms with Gasteiger partial charge in [0.1, 0.15) is 17.4 Å². The van der Waals surface area contributed by atoms with E-state index >= 15 is 0 Å². The molecule has 0 fully saturated rings. The molecule has 1 aromatic heterocycles.